The lowest BCUT2D eigenvalue weighted by atomic mass is 10.1. The Kier molecular flexibility index (Phi) is 6.11. The van der Waals surface area contributed by atoms with E-state index in [-0.39, 0.29) is 16.9 Å². The second-order valence-corrected chi connectivity index (χ2v) is 8.55. The van der Waals surface area contributed by atoms with E-state index in [2.05, 4.69) is 26.0 Å². The summed E-state index contributed by atoms with van der Waals surface area (Å²) in [6.45, 7) is 0. The van der Waals surface area contributed by atoms with E-state index in [1.807, 2.05) is 0 Å². The average molecular weight is 463 g/mol. The van der Waals surface area contributed by atoms with Gasteiger partial charge in [0.2, 0.25) is 5.91 Å². The number of benzene rings is 3. The van der Waals surface area contributed by atoms with Crippen molar-refractivity contribution in [1.29, 1.82) is 0 Å². The van der Waals surface area contributed by atoms with Gasteiger partial charge in [-0.05, 0) is 54.1 Å². The molecule has 5 nitrogen and oxygen atoms in total. The molecule has 144 valence electrons. The molecular formula is C20H16BrFN2O3S. The lowest BCUT2D eigenvalue weighted by molar-refractivity contribution is -0.115. The first-order chi connectivity index (χ1) is 13.3. The summed E-state index contributed by atoms with van der Waals surface area (Å²) in [5, 5.41) is 2.60. The van der Waals surface area contributed by atoms with Crippen molar-refractivity contribution in [3.63, 3.8) is 0 Å². The molecule has 0 unspecified atom stereocenters. The number of amides is 1. The Morgan fingerprint density at radius 1 is 0.929 bits per heavy atom. The van der Waals surface area contributed by atoms with Gasteiger partial charge in [-0.25, -0.2) is 12.8 Å². The predicted octanol–water partition coefficient (Wildman–Crippen LogP) is 4.57. The van der Waals surface area contributed by atoms with Crippen LogP contribution in [0.2, 0.25) is 0 Å². The monoisotopic (exact) mass is 462 g/mol. The molecule has 0 spiro atoms. The van der Waals surface area contributed by atoms with Crippen LogP contribution in [0.1, 0.15) is 5.56 Å². The Labute approximate surface area is 170 Å². The Morgan fingerprint density at radius 2 is 1.64 bits per heavy atom. The normalized spacial score (nSPS) is 11.1. The van der Waals surface area contributed by atoms with Crippen LogP contribution < -0.4 is 10.0 Å². The number of hydrogen-bond donors (Lipinski definition) is 2. The highest BCUT2D eigenvalue weighted by Gasteiger charge is 2.15. The highest BCUT2D eigenvalue weighted by Crippen LogP contribution is 2.21. The molecule has 0 atom stereocenters. The maximum Gasteiger partial charge on any atom is 0.261 e. The van der Waals surface area contributed by atoms with Gasteiger partial charge in [-0.2, -0.15) is 0 Å². The molecule has 3 aromatic carbocycles. The third-order valence-electron chi connectivity index (χ3n) is 3.83. The Bertz CT molecular complexity index is 1100. The zero-order valence-corrected chi connectivity index (χ0v) is 16.9. The third kappa shape index (κ3) is 5.17. The van der Waals surface area contributed by atoms with Crippen LogP contribution in [0.3, 0.4) is 0 Å². The van der Waals surface area contributed by atoms with Gasteiger partial charge in [-0.3, -0.25) is 9.52 Å². The number of carbonyl (C=O) groups excluding carboxylic acids is 1. The molecule has 0 saturated carbocycles. The van der Waals surface area contributed by atoms with Gasteiger partial charge in [-0.15, -0.1) is 0 Å². The minimum atomic E-state index is -3.83. The fourth-order valence-corrected chi connectivity index (χ4v) is 3.86. The lowest BCUT2D eigenvalue weighted by Gasteiger charge is -2.11. The largest absolute Gasteiger partial charge is 0.326 e. The molecule has 2 N–H and O–H groups in total. The molecule has 8 heteroatoms. The van der Waals surface area contributed by atoms with E-state index in [9.17, 15) is 17.6 Å². The molecular weight excluding hydrogens is 447 g/mol. The van der Waals surface area contributed by atoms with E-state index in [1.165, 1.54) is 30.3 Å². The van der Waals surface area contributed by atoms with Gasteiger partial charge in [0.1, 0.15) is 5.82 Å². The van der Waals surface area contributed by atoms with Crippen molar-refractivity contribution in [3.8, 4) is 0 Å². The molecule has 0 aliphatic carbocycles. The quantitative estimate of drug-likeness (QED) is 0.563. The summed E-state index contributed by atoms with van der Waals surface area (Å²) in [5.74, 6) is -0.909. The van der Waals surface area contributed by atoms with Crippen LogP contribution in [0.4, 0.5) is 15.8 Å². The lowest BCUT2D eigenvalue weighted by Crippen LogP contribution is -2.16. The van der Waals surface area contributed by atoms with Gasteiger partial charge >= 0.3 is 0 Å². The summed E-state index contributed by atoms with van der Waals surface area (Å²) < 4.78 is 42.1. The highest BCUT2D eigenvalue weighted by atomic mass is 79.9. The summed E-state index contributed by atoms with van der Waals surface area (Å²) in [6, 6.07) is 18.6. The summed E-state index contributed by atoms with van der Waals surface area (Å²) in [5.41, 5.74) is 0.984. The van der Waals surface area contributed by atoms with E-state index in [0.29, 0.717) is 11.4 Å². The van der Waals surface area contributed by atoms with Crippen LogP contribution in [-0.4, -0.2) is 14.3 Å². The summed E-state index contributed by atoms with van der Waals surface area (Å²) in [6.07, 6.45) is -0.152. The first-order valence-electron chi connectivity index (χ1n) is 8.25. The van der Waals surface area contributed by atoms with Crippen LogP contribution in [0.5, 0.6) is 0 Å². The Balaban J connectivity index is 1.73. The molecule has 3 aromatic rings. The van der Waals surface area contributed by atoms with Crippen molar-refractivity contribution in [2.24, 2.45) is 0 Å². The number of rotatable bonds is 6. The maximum atomic E-state index is 13.7. The fraction of sp³-hybridized carbons (Fsp3) is 0.0500. The third-order valence-corrected chi connectivity index (χ3v) is 5.74. The van der Waals surface area contributed by atoms with Crippen LogP contribution >= 0.6 is 15.9 Å². The summed E-state index contributed by atoms with van der Waals surface area (Å²) in [4.78, 5) is 12.2. The van der Waals surface area contributed by atoms with E-state index in [0.717, 1.165) is 4.47 Å². The van der Waals surface area contributed by atoms with Crippen LogP contribution in [0.25, 0.3) is 0 Å². The molecule has 0 aliphatic heterocycles. The van der Waals surface area contributed by atoms with Crippen LogP contribution in [0.15, 0.2) is 82.2 Å². The second-order valence-electron chi connectivity index (χ2n) is 5.96. The summed E-state index contributed by atoms with van der Waals surface area (Å²) >= 11 is 3.29. The molecule has 1 amide bonds. The topological polar surface area (TPSA) is 75.3 Å². The van der Waals surface area contributed by atoms with E-state index < -0.39 is 21.7 Å². The van der Waals surface area contributed by atoms with Crippen molar-refractivity contribution in [1.82, 2.24) is 0 Å². The van der Waals surface area contributed by atoms with Gasteiger partial charge in [0.05, 0.1) is 11.3 Å². The number of anilines is 2. The first-order valence-corrected chi connectivity index (χ1v) is 10.5. The highest BCUT2D eigenvalue weighted by molar-refractivity contribution is 9.10. The zero-order chi connectivity index (χ0) is 20.1. The van der Waals surface area contributed by atoms with Gasteiger partial charge < -0.3 is 5.32 Å². The predicted molar refractivity (Wildman–Crippen MR) is 110 cm³/mol. The molecule has 0 heterocycles. The SMILES string of the molecule is O=C(Cc1ccccc1F)Nc1cccc(S(=O)(=O)Nc2ccc(Br)cc2)c1. The van der Waals surface area contributed by atoms with Crippen molar-refractivity contribution in [2.45, 2.75) is 11.3 Å². The fourth-order valence-electron chi connectivity index (χ4n) is 2.49. The second kappa shape index (κ2) is 8.53. The van der Waals surface area contributed by atoms with E-state index >= 15 is 0 Å². The Morgan fingerprint density at radius 3 is 2.36 bits per heavy atom. The molecule has 0 bridgehead atoms. The van der Waals surface area contributed by atoms with Crippen molar-refractivity contribution in [3.05, 3.63) is 88.6 Å². The molecule has 28 heavy (non-hydrogen) atoms. The number of nitrogens with one attached hydrogen (secondary N) is 2. The number of hydrogen-bond acceptors (Lipinski definition) is 3. The van der Waals surface area contributed by atoms with Gasteiger partial charge in [-0.1, -0.05) is 40.2 Å². The van der Waals surface area contributed by atoms with E-state index in [1.54, 1.807) is 42.5 Å². The zero-order valence-electron chi connectivity index (χ0n) is 14.5. The molecule has 0 fully saturated rings. The van der Waals surface area contributed by atoms with Crippen molar-refractivity contribution in [2.75, 3.05) is 10.0 Å². The molecule has 3 rings (SSSR count). The molecule has 0 radical (unpaired) electrons. The molecule has 0 aliphatic rings. The smallest absolute Gasteiger partial charge is 0.261 e. The van der Waals surface area contributed by atoms with Crippen molar-refractivity contribution >= 4 is 43.2 Å². The van der Waals surface area contributed by atoms with Gasteiger partial charge in [0, 0.05) is 15.8 Å². The summed E-state index contributed by atoms with van der Waals surface area (Å²) in [7, 11) is -3.83. The molecule has 0 aromatic heterocycles. The van der Waals surface area contributed by atoms with E-state index in [4.69, 9.17) is 0 Å². The first kappa shape index (κ1) is 20.0. The number of halogens is 2. The maximum absolute atomic E-state index is 13.7. The van der Waals surface area contributed by atoms with Crippen LogP contribution in [0, 0.1) is 5.82 Å². The van der Waals surface area contributed by atoms with Gasteiger partial charge in [0.15, 0.2) is 0 Å². The van der Waals surface area contributed by atoms with Crippen molar-refractivity contribution < 1.29 is 17.6 Å². The number of carbonyl (C=O) groups is 1. The molecule has 0 saturated heterocycles. The van der Waals surface area contributed by atoms with Gasteiger partial charge in [0.25, 0.3) is 10.0 Å². The minimum Gasteiger partial charge on any atom is -0.326 e. The number of sulfonamides is 1. The Hall–Kier alpha value is -2.71. The van der Waals surface area contributed by atoms with Crippen LogP contribution in [-0.2, 0) is 21.2 Å². The minimum absolute atomic E-state index is 0.000824. The standard InChI is InChI=1S/C20H16BrFN2O3S/c21-15-8-10-16(11-9-15)24-28(26,27)18-6-3-5-17(13-18)23-20(25)12-14-4-1-2-7-19(14)22/h1-11,13,24H,12H2,(H,23,25). The average Bonchev–Trinajstić information content (AvgIpc) is 2.65.